The van der Waals surface area contributed by atoms with E-state index in [4.69, 9.17) is 0 Å². The van der Waals surface area contributed by atoms with Crippen LogP contribution in [0.4, 0.5) is 0 Å². The van der Waals surface area contributed by atoms with Gasteiger partial charge in [-0.3, -0.25) is 9.58 Å². The fraction of sp³-hybridized carbons (Fsp3) is 0.769. The summed E-state index contributed by atoms with van der Waals surface area (Å²) >= 11 is 3.64. The molecule has 4 nitrogen and oxygen atoms in total. The predicted molar refractivity (Wildman–Crippen MR) is 77.6 cm³/mol. The van der Waals surface area contributed by atoms with Crippen molar-refractivity contribution in [1.82, 2.24) is 14.7 Å². The van der Waals surface area contributed by atoms with Gasteiger partial charge in [0.15, 0.2) is 0 Å². The van der Waals surface area contributed by atoms with Crippen LogP contribution in [0.15, 0.2) is 4.47 Å². The van der Waals surface area contributed by atoms with E-state index < -0.39 is 5.60 Å². The van der Waals surface area contributed by atoms with Crippen LogP contribution in [0.5, 0.6) is 0 Å². The van der Waals surface area contributed by atoms with Gasteiger partial charge in [-0.1, -0.05) is 6.92 Å². The molecule has 0 amide bonds. The number of nitrogens with zero attached hydrogens (tertiary/aromatic N) is 3. The van der Waals surface area contributed by atoms with Gasteiger partial charge >= 0.3 is 0 Å². The molecule has 0 aliphatic carbocycles. The number of halogens is 1. The average Bonchev–Trinajstić information content (AvgIpc) is 2.53. The SMILES string of the molecule is CCc1nn(CC)c(CN(C)CC(C)(C)O)c1Br. The second-order valence-corrected chi connectivity index (χ2v) is 6.15. The molecule has 0 saturated carbocycles. The monoisotopic (exact) mass is 317 g/mol. The van der Waals surface area contributed by atoms with Crippen molar-refractivity contribution in [1.29, 1.82) is 0 Å². The zero-order valence-electron chi connectivity index (χ0n) is 12.0. The van der Waals surface area contributed by atoms with Crippen LogP contribution < -0.4 is 0 Å². The number of aromatic nitrogens is 2. The smallest absolute Gasteiger partial charge is 0.0767 e. The Labute approximate surface area is 118 Å². The zero-order valence-corrected chi connectivity index (χ0v) is 13.6. The van der Waals surface area contributed by atoms with Gasteiger partial charge < -0.3 is 5.11 Å². The van der Waals surface area contributed by atoms with E-state index in [0.29, 0.717) is 6.54 Å². The van der Waals surface area contributed by atoms with Crippen LogP contribution in [-0.2, 0) is 19.5 Å². The van der Waals surface area contributed by atoms with Crippen molar-refractivity contribution in [3.8, 4) is 0 Å². The van der Waals surface area contributed by atoms with Gasteiger partial charge in [0.2, 0.25) is 0 Å². The first-order valence-electron chi connectivity index (χ1n) is 6.43. The molecule has 0 aliphatic heterocycles. The molecule has 0 unspecified atom stereocenters. The summed E-state index contributed by atoms with van der Waals surface area (Å²) in [6, 6.07) is 0. The Kier molecular flexibility index (Phi) is 5.37. The maximum Gasteiger partial charge on any atom is 0.0767 e. The molecule has 1 heterocycles. The van der Waals surface area contributed by atoms with E-state index >= 15 is 0 Å². The highest BCUT2D eigenvalue weighted by atomic mass is 79.9. The summed E-state index contributed by atoms with van der Waals surface area (Å²) < 4.78 is 3.14. The first kappa shape index (κ1) is 15.7. The van der Waals surface area contributed by atoms with Gasteiger partial charge in [-0.25, -0.2) is 0 Å². The van der Waals surface area contributed by atoms with E-state index in [1.165, 1.54) is 5.69 Å². The quantitative estimate of drug-likeness (QED) is 0.876. The molecule has 0 spiro atoms. The van der Waals surface area contributed by atoms with Crippen LogP contribution in [0.25, 0.3) is 0 Å². The summed E-state index contributed by atoms with van der Waals surface area (Å²) in [5.41, 5.74) is 1.61. The molecule has 0 radical (unpaired) electrons. The van der Waals surface area contributed by atoms with Crippen LogP contribution in [0.2, 0.25) is 0 Å². The van der Waals surface area contributed by atoms with Crippen molar-refractivity contribution >= 4 is 15.9 Å². The minimum atomic E-state index is -0.675. The predicted octanol–water partition coefficient (Wildman–Crippen LogP) is 2.43. The lowest BCUT2D eigenvalue weighted by Gasteiger charge is -2.25. The zero-order chi connectivity index (χ0) is 13.9. The van der Waals surface area contributed by atoms with Crippen molar-refractivity contribution in [3.63, 3.8) is 0 Å². The van der Waals surface area contributed by atoms with Gasteiger partial charge in [0.25, 0.3) is 0 Å². The standard InChI is InChI=1S/C13H24BrN3O/c1-6-10-12(14)11(17(7-2)15-10)8-16(5)9-13(3,4)18/h18H,6-9H2,1-5H3. The number of aryl methyl sites for hydroxylation is 2. The molecule has 0 aliphatic rings. The molecule has 104 valence electrons. The largest absolute Gasteiger partial charge is 0.389 e. The highest BCUT2D eigenvalue weighted by molar-refractivity contribution is 9.10. The molecule has 1 aromatic heterocycles. The minimum Gasteiger partial charge on any atom is -0.389 e. The Morgan fingerprint density at radius 1 is 1.39 bits per heavy atom. The molecule has 18 heavy (non-hydrogen) atoms. The van der Waals surface area contributed by atoms with E-state index in [1.54, 1.807) is 0 Å². The van der Waals surface area contributed by atoms with Crippen LogP contribution in [0, 0.1) is 0 Å². The molecule has 0 aromatic carbocycles. The van der Waals surface area contributed by atoms with Gasteiger partial charge in [-0.15, -0.1) is 0 Å². The second-order valence-electron chi connectivity index (χ2n) is 5.36. The molecule has 0 fully saturated rings. The molecule has 1 rings (SSSR count). The fourth-order valence-electron chi connectivity index (χ4n) is 2.14. The number of rotatable bonds is 6. The Bertz CT molecular complexity index is 396. The Balaban J connectivity index is 2.86. The summed E-state index contributed by atoms with van der Waals surface area (Å²) in [5.74, 6) is 0. The van der Waals surface area contributed by atoms with Gasteiger partial charge in [-0.2, -0.15) is 5.10 Å². The first-order valence-corrected chi connectivity index (χ1v) is 7.22. The number of likely N-dealkylation sites (N-methyl/N-ethyl adjacent to an activating group) is 1. The summed E-state index contributed by atoms with van der Waals surface area (Å²) in [7, 11) is 2.02. The summed E-state index contributed by atoms with van der Waals surface area (Å²) in [6.07, 6.45) is 0.926. The van der Waals surface area contributed by atoms with Crippen molar-refractivity contribution in [2.45, 2.75) is 52.8 Å². The number of hydrogen-bond donors (Lipinski definition) is 1. The second kappa shape index (κ2) is 6.17. The third-order valence-electron chi connectivity index (χ3n) is 2.77. The third kappa shape index (κ3) is 4.07. The lowest BCUT2D eigenvalue weighted by atomic mass is 10.1. The molecule has 0 saturated heterocycles. The van der Waals surface area contributed by atoms with E-state index in [1.807, 2.05) is 25.6 Å². The minimum absolute atomic E-state index is 0.635. The highest BCUT2D eigenvalue weighted by Crippen LogP contribution is 2.23. The summed E-state index contributed by atoms with van der Waals surface area (Å²) in [4.78, 5) is 2.12. The molecular formula is C13H24BrN3O. The topological polar surface area (TPSA) is 41.3 Å². The number of aliphatic hydroxyl groups is 1. The lowest BCUT2D eigenvalue weighted by Crippen LogP contribution is -2.36. The molecule has 1 N–H and O–H groups in total. The molecule has 0 atom stereocenters. The van der Waals surface area contributed by atoms with Crippen LogP contribution in [-0.4, -0.2) is 39.0 Å². The Morgan fingerprint density at radius 2 is 2.00 bits per heavy atom. The van der Waals surface area contributed by atoms with E-state index in [0.717, 1.165) is 29.7 Å². The van der Waals surface area contributed by atoms with Crippen molar-refractivity contribution in [2.75, 3.05) is 13.6 Å². The maximum absolute atomic E-state index is 9.84. The van der Waals surface area contributed by atoms with Gasteiger partial charge in [0.1, 0.15) is 0 Å². The van der Waals surface area contributed by atoms with Crippen LogP contribution in [0.3, 0.4) is 0 Å². The van der Waals surface area contributed by atoms with Crippen LogP contribution in [0.1, 0.15) is 39.1 Å². The molecular weight excluding hydrogens is 294 g/mol. The van der Waals surface area contributed by atoms with Gasteiger partial charge in [0.05, 0.1) is 21.5 Å². The van der Waals surface area contributed by atoms with Crippen molar-refractivity contribution in [2.24, 2.45) is 0 Å². The molecule has 1 aromatic rings. The van der Waals surface area contributed by atoms with Gasteiger partial charge in [-0.05, 0) is 50.2 Å². The Morgan fingerprint density at radius 3 is 2.44 bits per heavy atom. The first-order chi connectivity index (χ1) is 8.28. The van der Waals surface area contributed by atoms with Crippen molar-refractivity contribution < 1.29 is 5.11 Å². The summed E-state index contributed by atoms with van der Waals surface area (Å²) in [6.45, 7) is 10.1. The Hall–Kier alpha value is -0.390. The van der Waals surface area contributed by atoms with Crippen molar-refractivity contribution in [3.05, 3.63) is 15.9 Å². The number of hydrogen-bond acceptors (Lipinski definition) is 3. The van der Waals surface area contributed by atoms with E-state index in [-0.39, 0.29) is 0 Å². The summed E-state index contributed by atoms with van der Waals surface area (Å²) in [5, 5.41) is 14.4. The van der Waals surface area contributed by atoms with Gasteiger partial charge in [0, 0.05) is 19.6 Å². The molecule has 0 bridgehead atoms. The fourth-order valence-corrected chi connectivity index (χ4v) is 2.83. The average molecular weight is 318 g/mol. The lowest BCUT2D eigenvalue weighted by molar-refractivity contribution is 0.0417. The van der Waals surface area contributed by atoms with Crippen LogP contribution >= 0.6 is 15.9 Å². The molecule has 5 heteroatoms. The highest BCUT2D eigenvalue weighted by Gasteiger charge is 2.19. The van der Waals surface area contributed by atoms with E-state index in [9.17, 15) is 5.11 Å². The van der Waals surface area contributed by atoms with E-state index in [2.05, 4.69) is 39.8 Å². The third-order valence-corrected chi connectivity index (χ3v) is 3.69. The maximum atomic E-state index is 9.84. The normalized spacial score (nSPS) is 12.4.